The minimum absolute atomic E-state index is 0.0773. The van der Waals surface area contributed by atoms with Gasteiger partial charge in [0.1, 0.15) is 11.6 Å². The maximum absolute atomic E-state index is 14.7. The average Bonchev–Trinajstić information content (AvgIpc) is 2.81. The largest absolute Gasteiger partial charge is 0.206 e. The highest BCUT2D eigenvalue weighted by Crippen LogP contribution is 2.40. The Labute approximate surface area is 195 Å². The zero-order valence-corrected chi connectivity index (χ0v) is 19.2. The minimum Gasteiger partial charge on any atom is -0.206 e. The summed E-state index contributed by atoms with van der Waals surface area (Å²) in [6.07, 6.45) is 10.7. The molecule has 0 aliphatic heterocycles. The lowest BCUT2D eigenvalue weighted by molar-refractivity contribution is 0.301. The van der Waals surface area contributed by atoms with Gasteiger partial charge < -0.3 is 0 Å². The molecule has 0 saturated heterocycles. The number of hydrogen-bond acceptors (Lipinski definition) is 0. The van der Waals surface area contributed by atoms with Crippen LogP contribution in [0.2, 0.25) is 0 Å². The molecule has 2 aromatic rings. The van der Waals surface area contributed by atoms with E-state index < -0.39 is 51.9 Å². The van der Waals surface area contributed by atoms with E-state index in [9.17, 15) is 30.7 Å². The molecule has 0 aromatic heterocycles. The molecular formula is C27H29F7. The van der Waals surface area contributed by atoms with Crippen molar-refractivity contribution in [3.63, 3.8) is 0 Å². The van der Waals surface area contributed by atoms with E-state index in [0.29, 0.717) is 11.5 Å². The van der Waals surface area contributed by atoms with Crippen LogP contribution < -0.4 is 0 Å². The van der Waals surface area contributed by atoms with E-state index >= 15 is 0 Å². The molecule has 3 rings (SSSR count). The van der Waals surface area contributed by atoms with Crippen LogP contribution in [-0.4, -0.2) is 0 Å². The van der Waals surface area contributed by atoms with Gasteiger partial charge in [-0.25, -0.2) is 30.7 Å². The van der Waals surface area contributed by atoms with E-state index in [1.165, 1.54) is 32.1 Å². The number of benzene rings is 2. The molecule has 0 bridgehead atoms. The lowest BCUT2D eigenvalue weighted by Crippen LogP contribution is -2.14. The molecule has 1 aliphatic rings. The maximum Gasteiger partial charge on any atom is 0.194 e. The van der Waals surface area contributed by atoms with E-state index in [1.807, 2.05) is 0 Å². The van der Waals surface area contributed by atoms with Crippen molar-refractivity contribution >= 4 is 11.7 Å². The van der Waals surface area contributed by atoms with E-state index in [2.05, 4.69) is 6.92 Å². The first kappa shape index (κ1) is 26.3. The summed E-state index contributed by atoms with van der Waals surface area (Å²) in [6.45, 7) is 2.18. The average molecular weight is 487 g/mol. The Kier molecular flexibility index (Phi) is 9.20. The second-order valence-corrected chi connectivity index (χ2v) is 9.16. The summed E-state index contributed by atoms with van der Waals surface area (Å²) in [4.78, 5) is 0. The van der Waals surface area contributed by atoms with E-state index in [4.69, 9.17) is 0 Å². The van der Waals surface area contributed by atoms with Gasteiger partial charge in [-0.15, -0.1) is 0 Å². The molecule has 1 saturated carbocycles. The molecule has 0 atom stereocenters. The van der Waals surface area contributed by atoms with Crippen molar-refractivity contribution in [2.75, 3.05) is 0 Å². The van der Waals surface area contributed by atoms with Gasteiger partial charge in [0, 0.05) is 5.56 Å². The predicted molar refractivity (Wildman–Crippen MR) is 120 cm³/mol. The van der Waals surface area contributed by atoms with Crippen LogP contribution in [0.1, 0.15) is 93.7 Å². The normalized spacial score (nSPS) is 19.3. The first-order chi connectivity index (χ1) is 16.2. The molecule has 186 valence electrons. The molecule has 2 aromatic carbocycles. The van der Waals surface area contributed by atoms with Gasteiger partial charge in [0.05, 0.1) is 5.56 Å². The molecule has 0 spiro atoms. The van der Waals surface area contributed by atoms with Crippen LogP contribution in [0.5, 0.6) is 0 Å². The zero-order valence-electron chi connectivity index (χ0n) is 19.2. The van der Waals surface area contributed by atoms with Gasteiger partial charge in [0.2, 0.25) is 0 Å². The molecular weight excluding hydrogens is 457 g/mol. The van der Waals surface area contributed by atoms with Gasteiger partial charge in [-0.2, -0.15) is 0 Å². The summed E-state index contributed by atoms with van der Waals surface area (Å²) < 4.78 is 98.2. The van der Waals surface area contributed by atoms with Crippen LogP contribution in [0, 0.1) is 35.0 Å². The fraction of sp³-hybridized carbons (Fsp3) is 0.481. The Morgan fingerprint density at radius 3 is 1.82 bits per heavy atom. The van der Waals surface area contributed by atoms with Gasteiger partial charge in [0.25, 0.3) is 0 Å². The first-order valence-electron chi connectivity index (χ1n) is 11.9. The van der Waals surface area contributed by atoms with Crippen molar-refractivity contribution in [3.05, 3.63) is 70.0 Å². The Balaban J connectivity index is 1.71. The zero-order chi connectivity index (χ0) is 24.8. The van der Waals surface area contributed by atoms with Crippen molar-refractivity contribution in [1.29, 1.82) is 0 Å². The monoisotopic (exact) mass is 486 g/mol. The van der Waals surface area contributed by atoms with Crippen molar-refractivity contribution < 1.29 is 30.7 Å². The number of unbranched alkanes of at least 4 members (excludes halogenated alkanes) is 4. The van der Waals surface area contributed by atoms with Crippen molar-refractivity contribution in [2.45, 2.75) is 77.0 Å². The van der Waals surface area contributed by atoms with Crippen LogP contribution in [0.3, 0.4) is 0 Å². The Bertz CT molecular complexity index is 974. The highest BCUT2D eigenvalue weighted by molar-refractivity contribution is 5.83. The number of halogens is 7. The summed E-state index contributed by atoms with van der Waals surface area (Å²) in [7, 11) is 0. The van der Waals surface area contributed by atoms with Crippen molar-refractivity contribution in [3.8, 4) is 0 Å². The lowest BCUT2D eigenvalue weighted by Gasteiger charge is -2.29. The minimum atomic E-state index is -1.95. The second-order valence-electron chi connectivity index (χ2n) is 9.16. The van der Waals surface area contributed by atoms with Gasteiger partial charge in [-0.3, -0.25) is 0 Å². The number of hydrogen-bond donors (Lipinski definition) is 0. The summed E-state index contributed by atoms with van der Waals surface area (Å²) in [5.74, 6) is -11.3. The molecule has 7 heteroatoms. The van der Waals surface area contributed by atoms with Gasteiger partial charge in [0.15, 0.2) is 29.1 Å². The summed E-state index contributed by atoms with van der Waals surface area (Å²) >= 11 is 0. The molecule has 0 N–H and O–H groups in total. The third-order valence-electron chi connectivity index (χ3n) is 6.75. The van der Waals surface area contributed by atoms with Crippen LogP contribution in [0.25, 0.3) is 11.7 Å². The van der Waals surface area contributed by atoms with Crippen LogP contribution in [0.4, 0.5) is 30.7 Å². The highest BCUT2D eigenvalue weighted by Gasteiger charge is 2.27. The van der Waals surface area contributed by atoms with Crippen LogP contribution in [-0.2, 0) is 0 Å². The number of rotatable bonds is 9. The molecule has 0 amide bonds. The van der Waals surface area contributed by atoms with Crippen LogP contribution in [0.15, 0.2) is 24.3 Å². The molecule has 0 nitrogen and oxygen atoms in total. The Morgan fingerprint density at radius 1 is 0.706 bits per heavy atom. The molecule has 1 fully saturated rings. The van der Waals surface area contributed by atoms with Gasteiger partial charge in [-0.05, 0) is 67.3 Å². The second kappa shape index (κ2) is 11.9. The Morgan fingerprint density at radius 2 is 1.26 bits per heavy atom. The summed E-state index contributed by atoms with van der Waals surface area (Å²) in [5.41, 5.74) is -1.87. The van der Waals surface area contributed by atoms with Crippen molar-refractivity contribution in [1.82, 2.24) is 0 Å². The maximum atomic E-state index is 14.7. The highest BCUT2D eigenvalue weighted by atomic mass is 19.2. The summed E-state index contributed by atoms with van der Waals surface area (Å²) in [5, 5.41) is 0. The Hall–Kier alpha value is -2.31. The fourth-order valence-corrected chi connectivity index (χ4v) is 4.78. The van der Waals surface area contributed by atoms with Gasteiger partial charge in [-0.1, -0.05) is 45.4 Å². The molecule has 0 heterocycles. The SMILES string of the molecule is CCCCCCCC1CCC(c2cc(F)c(/C(F)=C(\F)c3cc(F)c(F)c(F)c3)c(F)c2)CC1. The topological polar surface area (TPSA) is 0 Å². The first-order valence-corrected chi connectivity index (χ1v) is 11.9. The quantitative estimate of drug-likeness (QED) is 0.143. The molecule has 0 radical (unpaired) electrons. The van der Waals surface area contributed by atoms with Gasteiger partial charge >= 0.3 is 0 Å². The molecule has 1 aliphatic carbocycles. The summed E-state index contributed by atoms with van der Waals surface area (Å²) in [6, 6.07) is 2.43. The van der Waals surface area contributed by atoms with Crippen LogP contribution >= 0.6 is 0 Å². The van der Waals surface area contributed by atoms with E-state index in [0.717, 1.165) is 44.2 Å². The molecule has 34 heavy (non-hydrogen) atoms. The lowest BCUT2D eigenvalue weighted by atomic mass is 9.77. The molecule has 0 unspecified atom stereocenters. The van der Waals surface area contributed by atoms with Crippen molar-refractivity contribution in [2.24, 2.45) is 5.92 Å². The smallest absolute Gasteiger partial charge is 0.194 e. The fourth-order valence-electron chi connectivity index (χ4n) is 4.78. The third-order valence-corrected chi connectivity index (χ3v) is 6.75. The predicted octanol–water partition coefficient (Wildman–Crippen LogP) is 9.78. The standard InChI is InChI=1S/C27H29F7/c1-2-3-4-5-6-7-16-8-10-17(11-9-16)18-12-20(28)24(21(29)13-18)27(34)25(32)19-14-22(30)26(33)23(31)15-19/h12-17H,2-11H2,1H3/b27-25+. The van der Waals surface area contributed by atoms with E-state index in [1.54, 1.807) is 0 Å². The van der Waals surface area contributed by atoms with E-state index in [-0.39, 0.29) is 18.1 Å². The third kappa shape index (κ3) is 6.22.